The molecule has 84 valence electrons. The summed E-state index contributed by atoms with van der Waals surface area (Å²) in [5.41, 5.74) is 1.62. The van der Waals surface area contributed by atoms with Crippen molar-refractivity contribution in [1.82, 2.24) is 4.98 Å². The molecule has 0 aliphatic carbocycles. The fourth-order valence-electron chi connectivity index (χ4n) is 1.51. The molecule has 0 fully saturated rings. The van der Waals surface area contributed by atoms with Crippen molar-refractivity contribution >= 4 is 0 Å². The largest absolute Gasteiger partial charge is 0.494 e. The lowest BCUT2D eigenvalue weighted by Gasteiger charge is -2.05. The molecule has 0 saturated heterocycles. The number of aromatic nitrogens is 1. The van der Waals surface area contributed by atoms with Gasteiger partial charge in [0.25, 0.3) is 0 Å². The molecule has 2 rings (SSSR count). The van der Waals surface area contributed by atoms with E-state index >= 15 is 0 Å². The zero-order chi connectivity index (χ0) is 12.3. The molecular weight excluding hydrogens is 219 g/mol. The Labute approximate surface area is 98.1 Å². The molecule has 0 spiro atoms. The second-order valence-corrected chi connectivity index (χ2v) is 3.40. The highest BCUT2D eigenvalue weighted by Crippen LogP contribution is 2.25. The Hall–Kier alpha value is -2.41. The first-order valence-electron chi connectivity index (χ1n) is 4.94. The van der Waals surface area contributed by atoms with Gasteiger partial charge in [-0.15, -0.1) is 0 Å². The smallest absolute Gasteiger partial charge is 0.182 e. The Balaban J connectivity index is 2.51. The molecule has 0 saturated carbocycles. The van der Waals surface area contributed by atoms with Crippen LogP contribution in [0.3, 0.4) is 0 Å². The third-order valence-electron chi connectivity index (χ3n) is 2.34. The van der Waals surface area contributed by atoms with Gasteiger partial charge in [-0.2, -0.15) is 5.26 Å². The standard InChI is InChI=1S/C13H9FN2O/c1-17-13-6-10(8-16-12(13)7-15)9-3-2-4-11(14)5-9/h2-6,8H,1H3. The Kier molecular flexibility index (Phi) is 3.01. The molecule has 0 aliphatic rings. The second-order valence-electron chi connectivity index (χ2n) is 3.40. The Morgan fingerprint density at radius 1 is 1.29 bits per heavy atom. The van der Waals surface area contributed by atoms with Crippen molar-refractivity contribution in [1.29, 1.82) is 5.26 Å². The molecule has 3 nitrogen and oxygen atoms in total. The van der Waals surface area contributed by atoms with Crippen LogP contribution in [0.15, 0.2) is 36.5 Å². The van der Waals surface area contributed by atoms with Crippen molar-refractivity contribution in [2.75, 3.05) is 7.11 Å². The van der Waals surface area contributed by atoms with E-state index in [0.717, 1.165) is 0 Å². The molecule has 0 bridgehead atoms. The van der Waals surface area contributed by atoms with E-state index in [0.29, 0.717) is 16.9 Å². The van der Waals surface area contributed by atoms with Gasteiger partial charge in [-0.25, -0.2) is 9.37 Å². The number of methoxy groups -OCH3 is 1. The number of ether oxygens (including phenoxy) is 1. The summed E-state index contributed by atoms with van der Waals surface area (Å²) in [7, 11) is 1.47. The average molecular weight is 228 g/mol. The zero-order valence-corrected chi connectivity index (χ0v) is 9.14. The SMILES string of the molecule is COc1cc(-c2cccc(F)c2)cnc1C#N. The maximum absolute atomic E-state index is 13.1. The van der Waals surface area contributed by atoms with Gasteiger partial charge in [0, 0.05) is 11.8 Å². The average Bonchev–Trinajstić information content (AvgIpc) is 2.38. The predicted molar refractivity (Wildman–Crippen MR) is 60.9 cm³/mol. The highest BCUT2D eigenvalue weighted by molar-refractivity contribution is 5.65. The molecule has 0 atom stereocenters. The summed E-state index contributed by atoms with van der Waals surface area (Å²) in [4.78, 5) is 3.97. The summed E-state index contributed by atoms with van der Waals surface area (Å²) in [5.74, 6) is 0.0695. The fourth-order valence-corrected chi connectivity index (χ4v) is 1.51. The van der Waals surface area contributed by atoms with E-state index in [1.165, 1.54) is 25.4 Å². The van der Waals surface area contributed by atoms with Crippen LogP contribution in [-0.4, -0.2) is 12.1 Å². The lowest BCUT2D eigenvalue weighted by molar-refractivity contribution is 0.411. The first-order chi connectivity index (χ1) is 8.24. The van der Waals surface area contributed by atoms with E-state index in [-0.39, 0.29) is 11.5 Å². The molecule has 0 amide bonds. The Morgan fingerprint density at radius 3 is 2.76 bits per heavy atom. The van der Waals surface area contributed by atoms with Gasteiger partial charge in [-0.1, -0.05) is 12.1 Å². The number of nitrogens with zero attached hydrogens (tertiary/aromatic N) is 2. The first-order valence-corrected chi connectivity index (χ1v) is 4.94. The van der Waals surface area contributed by atoms with Crippen LogP contribution in [0.1, 0.15) is 5.69 Å². The van der Waals surface area contributed by atoms with E-state index in [4.69, 9.17) is 10.00 Å². The molecule has 0 unspecified atom stereocenters. The third kappa shape index (κ3) is 2.23. The summed E-state index contributed by atoms with van der Waals surface area (Å²) >= 11 is 0. The summed E-state index contributed by atoms with van der Waals surface area (Å²) in [6.45, 7) is 0. The topological polar surface area (TPSA) is 45.9 Å². The minimum atomic E-state index is -0.314. The first kappa shape index (κ1) is 11.1. The number of halogens is 1. The summed E-state index contributed by atoms with van der Waals surface area (Å²) in [6, 6.07) is 9.76. The van der Waals surface area contributed by atoms with E-state index < -0.39 is 0 Å². The lowest BCUT2D eigenvalue weighted by atomic mass is 10.1. The molecule has 2 aromatic rings. The monoisotopic (exact) mass is 228 g/mol. The highest BCUT2D eigenvalue weighted by atomic mass is 19.1. The van der Waals surface area contributed by atoms with Crippen molar-refractivity contribution in [3.63, 3.8) is 0 Å². The van der Waals surface area contributed by atoms with Crippen molar-refractivity contribution in [3.8, 4) is 22.9 Å². The summed E-state index contributed by atoms with van der Waals surface area (Å²) < 4.78 is 18.1. The van der Waals surface area contributed by atoms with Crippen molar-refractivity contribution in [3.05, 3.63) is 48.0 Å². The van der Waals surface area contributed by atoms with E-state index in [1.54, 1.807) is 18.2 Å². The van der Waals surface area contributed by atoms with Gasteiger partial charge in [-0.3, -0.25) is 0 Å². The number of pyridine rings is 1. The molecule has 0 radical (unpaired) electrons. The maximum atomic E-state index is 13.1. The van der Waals surface area contributed by atoms with Gasteiger partial charge in [0.15, 0.2) is 11.4 Å². The van der Waals surface area contributed by atoms with E-state index in [2.05, 4.69) is 4.98 Å². The van der Waals surface area contributed by atoms with Crippen LogP contribution in [-0.2, 0) is 0 Å². The van der Waals surface area contributed by atoms with Crippen molar-refractivity contribution in [2.45, 2.75) is 0 Å². The molecule has 4 heteroatoms. The van der Waals surface area contributed by atoms with Crippen LogP contribution in [0.2, 0.25) is 0 Å². The van der Waals surface area contributed by atoms with Gasteiger partial charge in [0.1, 0.15) is 11.9 Å². The molecule has 0 aliphatic heterocycles. The molecular formula is C13H9FN2O. The van der Waals surface area contributed by atoms with E-state index in [9.17, 15) is 4.39 Å². The van der Waals surface area contributed by atoms with Crippen LogP contribution >= 0.6 is 0 Å². The quantitative estimate of drug-likeness (QED) is 0.793. The summed E-state index contributed by atoms with van der Waals surface area (Å²) in [5, 5.41) is 8.80. The molecule has 1 heterocycles. The van der Waals surface area contributed by atoms with Crippen LogP contribution in [0.25, 0.3) is 11.1 Å². The number of benzene rings is 1. The number of rotatable bonds is 2. The summed E-state index contributed by atoms with van der Waals surface area (Å²) in [6.07, 6.45) is 1.52. The second kappa shape index (κ2) is 4.62. The van der Waals surface area contributed by atoms with E-state index in [1.807, 2.05) is 6.07 Å². The van der Waals surface area contributed by atoms with Crippen LogP contribution in [0.4, 0.5) is 4.39 Å². The van der Waals surface area contributed by atoms with Crippen LogP contribution in [0, 0.1) is 17.1 Å². The normalized spacial score (nSPS) is 9.71. The Bertz CT molecular complexity index is 590. The number of hydrogen-bond acceptors (Lipinski definition) is 3. The van der Waals surface area contributed by atoms with Gasteiger partial charge < -0.3 is 4.74 Å². The van der Waals surface area contributed by atoms with Crippen molar-refractivity contribution < 1.29 is 9.13 Å². The van der Waals surface area contributed by atoms with Gasteiger partial charge >= 0.3 is 0 Å². The highest BCUT2D eigenvalue weighted by Gasteiger charge is 2.07. The number of nitriles is 1. The number of hydrogen-bond donors (Lipinski definition) is 0. The Morgan fingerprint density at radius 2 is 2.12 bits per heavy atom. The van der Waals surface area contributed by atoms with Gasteiger partial charge in [0.05, 0.1) is 7.11 Å². The molecule has 1 aromatic carbocycles. The van der Waals surface area contributed by atoms with Crippen LogP contribution < -0.4 is 4.74 Å². The van der Waals surface area contributed by atoms with Gasteiger partial charge in [0.2, 0.25) is 0 Å². The maximum Gasteiger partial charge on any atom is 0.182 e. The zero-order valence-electron chi connectivity index (χ0n) is 9.14. The van der Waals surface area contributed by atoms with Crippen LogP contribution in [0.5, 0.6) is 5.75 Å². The lowest BCUT2D eigenvalue weighted by Crippen LogP contribution is -1.92. The molecule has 17 heavy (non-hydrogen) atoms. The fraction of sp³-hybridized carbons (Fsp3) is 0.0769. The van der Waals surface area contributed by atoms with Gasteiger partial charge in [-0.05, 0) is 23.8 Å². The predicted octanol–water partition coefficient (Wildman–Crippen LogP) is 2.77. The minimum absolute atomic E-state index is 0.215. The molecule has 0 N–H and O–H groups in total. The third-order valence-corrected chi connectivity index (χ3v) is 2.34. The minimum Gasteiger partial charge on any atom is -0.494 e. The molecule has 1 aromatic heterocycles. The van der Waals surface area contributed by atoms with Crippen molar-refractivity contribution in [2.24, 2.45) is 0 Å².